The van der Waals surface area contributed by atoms with Crippen molar-refractivity contribution in [3.05, 3.63) is 10.6 Å². The maximum absolute atomic E-state index is 5.03. The lowest BCUT2D eigenvalue weighted by molar-refractivity contribution is 0.554. The largest absolute Gasteiger partial charge is 0.345 e. The zero-order valence-electron chi connectivity index (χ0n) is 14.1. The molecule has 1 aliphatic rings. The molecule has 0 bridgehead atoms. The van der Waals surface area contributed by atoms with Crippen LogP contribution in [0.1, 0.15) is 76.3 Å². The maximum atomic E-state index is 5.03. The molecule has 0 saturated carbocycles. The summed E-state index contributed by atoms with van der Waals surface area (Å²) in [6.07, 6.45) is 6.63. The van der Waals surface area contributed by atoms with E-state index < -0.39 is 0 Å². The summed E-state index contributed by atoms with van der Waals surface area (Å²) in [5.41, 5.74) is 1.30. The lowest BCUT2D eigenvalue weighted by Crippen LogP contribution is -2.34. The maximum Gasteiger partial charge on any atom is 0.186 e. The molecular formula is C17H31N3S. The molecule has 21 heavy (non-hydrogen) atoms. The Morgan fingerprint density at radius 2 is 2.10 bits per heavy atom. The molecule has 1 saturated heterocycles. The molecule has 1 N–H and O–H groups in total. The Morgan fingerprint density at radius 1 is 1.29 bits per heavy atom. The third-order valence-electron chi connectivity index (χ3n) is 4.39. The molecule has 1 aromatic heterocycles. The Balaban J connectivity index is 2.24. The molecule has 4 heteroatoms. The van der Waals surface area contributed by atoms with Gasteiger partial charge in [0.05, 0.1) is 5.69 Å². The van der Waals surface area contributed by atoms with Gasteiger partial charge in [-0.15, -0.1) is 11.3 Å². The second kappa shape index (κ2) is 8.14. The summed E-state index contributed by atoms with van der Waals surface area (Å²) in [5.74, 6) is 0.510. The average Bonchev–Trinajstić information content (AvgIpc) is 2.75. The molecule has 2 rings (SSSR count). The highest BCUT2D eigenvalue weighted by Gasteiger charge is 2.24. The molecule has 1 aliphatic heterocycles. The first-order valence-corrected chi connectivity index (χ1v) is 9.45. The van der Waals surface area contributed by atoms with Gasteiger partial charge in [0.25, 0.3) is 0 Å². The third-order valence-corrected chi connectivity index (χ3v) is 5.50. The number of thiazole rings is 1. The minimum Gasteiger partial charge on any atom is -0.345 e. The molecule has 120 valence electrons. The van der Waals surface area contributed by atoms with Crippen LogP contribution in [-0.2, 0) is 6.54 Å². The van der Waals surface area contributed by atoms with Gasteiger partial charge in [0.1, 0.15) is 0 Å². The minimum atomic E-state index is 0.510. The fraction of sp³-hybridized carbons (Fsp3) is 0.824. The van der Waals surface area contributed by atoms with Crippen LogP contribution >= 0.6 is 11.3 Å². The second-order valence-electron chi connectivity index (χ2n) is 6.34. The van der Waals surface area contributed by atoms with Gasteiger partial charge >= 0.3 is 0 Å². The van der Waals surface area contributed by atoms with E-state index in [9.17, 15) is 0 Å². The normalized spacial score (nSPS) is 20.0. The van der Waals surface area contributed by atoms with Crippen molar-refractivity contribution in [3.8, 4) is 0 Å². The Morgan fingerprint density at radius 3 is 2.76 bits per heavy atom. The quantitative estimate of drug-likeness (QED) is 0.836. The number of hydrogen-bond acceptors (Lipinski definition) is 4. The summed E-state index contributed by atoms with van der Waals surface area (Å²) in [6, 6.07) is 0.686. The summed E-state index contributed by atoms with van der Waals surface area (Å²) in [4.78, 5) is 9.06. The molecule has 1 atom stereocenters. The highest BCUT2D eigenvalue weighted by atomic mass is 32.1. The number of anilines is 1. The molecule has 0 aliphatic carbocycles. The van der Waals surface area contributed by atoms with E-state index in [-0.39, 0.29) is 0 Å². The molecule has 0 aromatic carbocycles. The molecule has 1 aromatic rings. The Hall–Kier alpha value is -0.610. The third kappa shape index (κ3) is 4.19. The molecule has 0 amide bonds. The average molecular weight is 310 g/mol. The van der Waals surface area contributed by atoms with Gasteiger partial charge in [-0.25, -0.2) is 4.98 Å². The summed E-state index contributed by atoms with van der Waals surface area (Å²) >= 11 is 1.91. The summed E-state index contributed by atoms with van der Waals surface area (Å²) in [6.45, 7) is 12.2. The van der Waals surface area contributed by atoms with E-state index in [1.807, 2.05) is 11.3 Å². The van der Waals surface area contributed by atoms with Crippen LogP contribution in [0.5, 0.6) is 0 Å². The van der Waals surface area contributed by atoms with E-state index in [1.165, 1.54) is 54.4 Å². The van der Waals surface area contributed by atoms with Gasteiger partial charge in [0, 0.05) is 24.0 Å². The van der Waals surface area contributed by atoms with Crippen molar-refractivity contribution in [3.63, 3.8) is 0 Å². The van der Waals surface area contributed by atoms with E-state index in [0.29, 0.717) is 12.0 Å². The van der Waals surface area contributed by atoms with Crippen LogP contribution < -0.4 is 10.2 Å². The Bertz CT molecular complexity index is 428. The Labute approximate surface area is 134 Å². The van der Waals surface area contributed by atoms with E-state index in [1.54, 1.807) is 0 Å². The van der Waals surface area contributed by atoms with Gasteiger partial charge in [0.15, 0.2) is 5.13 Å². The van der Waals surface area contributed by atoms with E-state index in [2.05, 4.69) is 37.9 Å². The van der Waals surface area contributed by atoms with Gasteiger partial charge in [-0.2, -0.15) is 0 Å². The van der Waals surface area contributed by atoms with Crippen LogP contribution in [0.2, 0.25) is 0 Å². The van der Waals surface area contributed by atoms with Crippen LogP contribution in [0.3, 0.4) is 0 Å². The van der Waals surface area contributed by atoms with Gasteiger partial charge in [0.2, 0.25) is 0 Å². The number of nitrogens with zero attached hydrogens (tertiary/aromatic N) is 2. The monoisotopic (exact) mass is 309 g/mol. The molecule has 0 radical (unpaired) electrons. The highest BCUT2D eigenvalue weighted by molar-refractivity contribution is 7.15. The predicted octanol–water partition coefficient (Wildman–Crippen LogP) is 4.54. The van der Waals surface area contributed by atoms with Crippen molar-refractivity contribution in [2.75, 3.05) is 18.0 Å². The van der Waals surface area contributed by atoms with E-state index in [0.717, 1.165) is 13.1 Å². The van der Waals surface area contributed by atoms with Gasteiger partial charge in [-0.1, -0.05) is 40.5 Å². The van der Waals surface area contributed by atoms with Crippen molar-refractivity contribution < 1.29 is 0 Å². The SMILES string of the molecule is CCNCc1sc(N2CCCCCC2CC)nc1C(C)C. The van der Waals surface area contributed by atoms with Crippen LogP contribution in [0.25, 0.3) is 0 Å². The van der Waals surface area contributed by atoms with Crippen LogP contribution in [0.4, 0.5) is 5.13 Å². The van der Waals surface area contributed by atoms with Crippen molar-refractivity contribution >= 4 is 16.5 Å². The molecule has 1 fully saturated rings. The molecule has 2 heterocycles. The summed E-state index contributed by atoms with van der Waals surface area (Å²) in [5, 5.41) is 4.73. The second-order valence-corrected chi connectivity index (χ2v) is 7.41. The smallest absolute Gasteiger partial charge is 0.186 e. The van der Waals surface area contributed by atoms with E-state index >= 15 is 0 Å². The molecule has 1 unspecified atom stereocenters. The van der Waals surface area contributed by atoms with Crippen LogP contribution in [-0.4, -0.2) is 24.1 Å². The fourth-order valence-electron chi connectivity index (χ4n) is 3.14. The summed E-state index contributed by atoms with van der Waals surface area (Å²) < 4.78 is 0. The van der Waals surface area contributed by atoms with Crippen LogP contribution in [0.15, 0.2) is 0 Å². The van der Waals surface area contributed by atoms with Crippen molar-refractivity contribution in [2.24, 2.45) is 0 Å². The highest BCUT2D eigenvalue weighted by Crippen LogP contribution is 2.34. The first-order valence-electron chi connectivity index (χ1n) is 8.64. The van der Waals surface area contributed by atoms with Crippen molar-refractivity contribution in [2.45, 2.75) is 78.3 Å². The van der Waals surface area contributed by atoms with Crippen molar-refractivity contribution in [1.82, 2.24) is 10.3 Å². The van der Waals surface area contributed by atoms with E-state index in [4.69, 9.17) is 4.98 Å². The number of aromatic nitrogens is 1. The standard InChI is InChI=1S/C17H31N3S/c1-5-14-10-8-7-9-11-20(14)17-19-16(13(3)4)15(21-17)12-18-6-2/h13-14,18H,5-12H2,1-4H3. The lowest BCUT2D eigenvalue weighted by Gasteiger charge is -2.28. The Kier molecular flexibility index (Phi) is 6.49. The number of nitrogens with one attached hydrogen (secondary N) is 1. The summed E-state index contributed by atoms with van der Waals surface area (Å²) in [7, 11) is 0. The molecule has 3 nitrogen and oxygen atoms in total. The van der Waals surface area contributed by atoms with Gasteiger partial charge < -0.3 is 10.2 Å². The zero-order chi connectivity index (χ0) is 15.2. The first kappa shape index (κ1) is 16.8. The fourth-order valence-corrected chi connectivity index (χ4v) is 4.43. The molecule has 0 spiro atoms. The van der Waals surface area contributed by atoms with Gasteiger partial charge in [-0.05, 0) is 31.7 Å². The van der Waals surface area contributed by atoms with Crippen LogP contribution in [0, 0.1) is 0 Å². The topological polar surface area (TPSA) is 28.2 Å². The number of rotatable bonds is 6. The first-order chi connectivity index (χ1) is 10.2. The van der Waals surface area contributed by atoms with Gasteiger partial charge in [-0.3, -0.25) is 0 Å². The number of hydrogen-bond donors (Lipinski definition) is 1. The minimum absolute atomic E-state index is 0.510. The zero-order valence-corrected chi connectivity index (χ0v) is 14.9. The lowest BCUT2D eigenvalue weighted by atomic mass is 10.1. The molecular weight excluding hydrogens is 278 g/mol. The predicted molar refractivity (Wildman–Crippen MR) is 93.5 cm³/mol. The van der Waals surface area contributed by atoms with Crippen molar-refractivity contribution in [1.29, 1.82) is 0 Å².